The van der Waals surface area contributed by atoms with Crippen LogP contribution in [0.3, 0.4) is 0 Å². The second kappa shape index (κ2) is 6.35. The van der Waals surface area contributed by atoms with Crippen LogP contribution in [0.1, 0.15) is 10.4 Å². The fourth-order valence-electron chi connectivity index (χ4n) is 1.56. The molecule has 0 atom stereocenters. The highest BCUT2D eigenvalue weighted by atomic mass is 35.5. The molecule has 0 aliphatic rings. The molecule has 0 unspecified atom stereocenters. The number of halogens is 3. The number of hydrogen-bond acceptors (Lipinski definition) is 2. The molecule has 0 radical (unpaired) electrons. The van der Waals surface area contributed by atoms with E-state index in [2.05, 4.69) is 5.32 Å². The van der Waals surface area contributed by atoms with Crippen molar-refractivity contribution in [1.29, 1.82) is 0 Å². The summed E-state index contributed by atoms with van der Waals surface area (Å²) in [6.07, 6.45) is 0. The molecule has 2 aromatic rings. The van der Waals surface area contributed by atoms with E-state index in [1.165, 1.54) is 12.1 Å². The monoisotopic (exact) mass is 329 g/mol. The number of methoxy groups -OCH3 is 1. The lowest BCUT2D eigenvalue weighted by molar-refractivity contribution is 0.102. The van der Waals surface area contributed by atoms with Crippen LogP contribution in [-0.4, -0.2) is 13.0 Å². The number of amides is 1. The zero-order chi connectivity index (χ0) is 14.7. The molecule has 0 bridgehead atoms. The molecule has 6 heteroatoms. The highest BCUT2D eigenvalue weighted by molar-refractivity contribution is 6.44. The van der Waals surface area contributed by atoms with E-state index in [4.69, 9.17) is 39.5 Å². The van der Waals surface area contributed by atoms with Crippen molar-refractivity contribution in [3.05, 3.63) is 57.0 Å². The first-order chi connectivity index (χ1) is 9.51. The Kier molecular flexibility index (Phi) is 4.76. The number of anilines is 1. The fraction of sp³-hybridized carbons (Fsp3) is 0.0714. The van der Waals surface area contributed by atoms with Gasteiger partial charge in [-0.2, -0.15) is 0 Å². The fourth-order valence-corrected chi connectivity index (χ4v) is 2.15. The van der Waals surface area contributed by atoms with E-state index in [-0.39, 0.29) is 5.91 Å². The minimum absolute atomic E-state index is 0.298. The quantitative estimate of drug-likeness (QED) is 0.812. The minimum Gasteiger partial charge on any atom is -0.497 e. The molecule has 0 aliphatic heterocycles. The smallest absolute Gasteiger partial charge is 0.255 e. The van der Waals surface area contributed by atoms with Gasteiger partial charge in [-0.1, -0.05) is 34.8 Å². The summed E-state index contributed by atoms with van der Waals surface area (Å²) in [5.74, 6) is 0.377. The Hall–Kier alpha value is -1.42. The molecule has 0 aromatic heterocycles. The molecular formula is C14H10Cl3NO2. The number of nitrogens with one attached hydrogen (secondary N) is 1. The van der Waals surface area contributed by atoms with Gasteiger partial charge in [0.1, 0.15) is 5.75 Å². The first-order valence-electron chi connectivity index (χ1n) is 5.61. The Morgan fingerprint density at radius 3 is 2.20 bits per heavy atom. The average molecular weight is 331 g/mol. The zero-order valence-electron chi connectivity index (χ0n) is 10.4. The largest absolute Gasteiger partial charge is 0.497 e. The van der Waals surface area contributed by atoms with Gasteiger partial charge in [-0.3, -0.25) is 4.79 Å². The van der Waals surface area contributed by atoms with Crippen molar-refractivity contribution in [2.24, 2.45) is 0 Å². The highest BCUT2D eigenvalue weighted by Gasteiger charge is 2.11. The predicted molar refractivity (Wildman–Crippen MR) is 82.4 cm³/mol. The van der Waals surface area contributed by atoms with Crippen molar-refractivity contribution in [1.82, 2.24) is 0 Å². The van der Waals surface area contributed by atoms with Crippen molar-refractivity contribution in [3.8, 4) is 5.75 Å². The summed E-state index contributed by atoms with van der Waals surface area (Å²) in [4.78, 5) is 12.1. The van der Waals surface area contributed by atoms with Crippen molar-refractivity contribution >= 4 is 46.4 Å². The second-order valence-electron chi connectivity index (χ2n) is 3.93. The molecule has 0 saturated heterocycles. The molecule has 0 spiro atoms. The summed E-state index contributed by atoms with van der Waals surface area (Å²) in [5, 5.41) is 3.65. The Morgan fingerprint density at radius 2 is 1.60 bits per heavy atom. The van der Waals surface area contributed by atoms with Gasteiger partial charge in [0.25, 0.3) is 5.91 Å². The summed E-state index contributed by atoms with van der Waals surface area (Å²) >= 11 is 17.7. The molecule has 0 heterocycles. The van der Waals surface area contributed by atoms with Crippen LogP contribution >= 0.6 is 34.8 Å². The van der Waals surface area contributed by atoms with Crippen LogP contribution in [0.15, 0.2) is 36.4 Å². The van der Waals surface area contributed by atoms with Crippen LogP contribution in [0, 0.1) is 0 Å². The van der Waals surface area contributed by atoms with Gasteiger partial charge < -0.3 is 10.1 Å². The number of benzene rings is 2. The second-order valence-corrected chi connectivity index (χ2v) is 5.15. The Morgan fingerprint density at radius 1 is 1.00 bits per heavy atom. The number of rotatable bonds is 3. The zero-order valence-corrected chi connectivity index (χ0v) is 12.7. The van der Waals surface area contributed by atoms with E-state index in [1.807, 2.05) is 0 Å². The molecule has 3 nitrogen and oxygen atoms in total. The van der Waals surface area contributed by atoms with E-state index in [1.54, 1.807) is 31.4 Å². The van der Waals surface area contributed by atoms with Gasteiger partial charge in [0, 0.05) is 5.56 Å². The third-order valence-electron chi connectivity index (χ3n) is 2.61. The number of ether oxygens (including phenoxy) is 1. The van der Waals surface area contributed by atoms with Crippen molar-refractivity contribution in [3.63, 3.8) is 0 Å². The molecule has 1 N–H and O–H groups in total. The van der Waals surface area contributed by atoms with Gasteiger partial charge >= 0.3 is 0 Å². The summed E-state index contributed by atoms with van der Waals surface area (Å²) < 4.78 is 5.03. The Bertz CT molecular complexity index is 642. The van der Waals surface area contributed by atoms with Crippen LogP contribution in [0.2, 0.25) is 15.1 Å². The maximum absolute atomic E-state index is 12.1. The maximum Gasteiger partial charge on any atom is 0.255 e. The van der Waals surface area contributed by atoms with E-state index in [0.717, 1.165) is 0 Å². The normalized spacial score (nSPS) is 10.2. The summed E-state index contributed by atoms with van der Waals surface area (Å²) in [5.41, 5.74) is 0.884. The lowest BCUT2D eigenvalue weighted by atomic mass is 10.2. The van der Waals surface area contributed by atoms with Crippen molar-refractivity contribution in [2.75, 3.05) is 12.4 Å². The SMILES string of the molecule is COc1ccc(C(=O)Nc2cc(Cl)c(Cl)cc2Cl)cc1. The summed E-state index contributed by atoms with van der Waals surface area (Å²) in [6, 6.07) is 9.69. The molecule has 0 saturated carbocycles. The number of carbonyl (C=O) groups is 1. The number of hydrogen-bond donors (Lipinski definition) is 1. The number of carbonyl (C=O) groups excluding carboxylic acids is 1. The molecule has 104 valence electrons. The van der Waals surface area contributed by atoms with E-state index >= 15 is 0 Å². The van der Waals surface area contributed by atoms with Gasteiger partial charge in [-0.25, -0.2) is 0 Å². The molecule has 2 aromatic carbocycles. The molecule has 1 amide bonds. The van der Waals surface area contributed by atoms with Gasteiger partial charge in [0.2, 0.25) is 0 Å². The van der Waals surface area contributed by atoms with Crippen LogP contribution < -0.4 is 10.1 Å². The Labute approximate surface area is 131 Å². The van der Waals surface area contributed by atoms with Gasteiger partial charge in [0.15, 0.2) is 0 Å². The topological polar surface area (TPSA) is 38.3 Å². The van der Waals surface area contributed by atoms with E-state index in [9.17, 15) is 4.79 Å². The third-order valence-corrected chi connectivity index (χ3v) is 3.65. The lowest BCUT2D eigenvalue weighted by Crippen LogP contribution is -2.12. The standard InChI is InChI=1S/C14H10Cl3NO2/c1-20-9-4-2-8(3-5-9)14(19)18-13-7-11(16)10(15)6-12(13)17/h2-7H,1H3,(H,18,19). The molecule has 0 aliphatic carbocycles. The van der Waals surface area contributed by atoms with Gasteiger partial charge in [0.05, 0.1) is 27.9 Å². The van der Waals surface area contributed by atoms with Crippen LogP contribution in [0.5, 0.6) is 5.75 Å². The maximum atomic E-state index is 12.1. The summed E-state index contributed by atoms with van der Waals surface area (Å²) in [7, 11) is 1.56. The van der Waals surface area contributed by atoms with Gasteiger partial charge in [-0.05, 0) is 36.4 Å². The van der Waals surface area contributed by atoms with Gasteiger partial charge in [-0.15, -0.1) is 0 Å². The lowest BCUT2D eigenvalue weighted by Gasteiger charge is -2.09. The van der Waals surface area contributed by atoms with Crippen molar-refractivity contribution < 1.29 is 9.53 Å². The highest BCUT2D eigenvalue weighted by Crippen LogP contribution is 2.32. The molecule has 20 heavy (non-hydrogen) atoms. The first-order valence-corrected chi connectivity index (χ1v) is 6.74. The minimum atomic E-state index is -0.298. The molecule has 2 rings (SSSR count). The molecular weight excluding hydrogens is 321 g/mol. The predicted octanol–water partition coefficient (Wildman–Crippen LogP) is 4.91. The third kappa shape index (κ3) is 3.37. The van der Waals surface area contributed by atoms with Crippen LogP contribution in [0.25, 0.3) is 0 Å². The summed E-state index contributed by atoms with van der Waals surface area (Å²) in [6.45, 7) is 0. The Balaban J connectivity index is 2.20. The van der Waals surface area contributed by atoms with E-state index in [0.29, 0.717) is 32.1 Å². The molecule has 0 fully saturated rings. The van der Waals surface area contributed by atoms with Crippen molar-refractivity contribution in [2.45, 2.75) is 0 Å². The average Bonchev–Trinajstić information content (AvgIpc) is 2.44. The first kappa shape index (κ1) is 15.0. The van der Waals surface area contributed by atoms with Crippen LogP contribution in [0.4, 0.5) is 5.69 Å². The van der Waals surface area contributed by atoms with E-state index < -0.39 is 0 Å². The van der Waals surface area contributed by atoms with Crippen LogP contribution in [-0.2, 0) is 0 Å².